The number of carbonyl (C=O) groups is 1. The second-order valence-electron chi connectivity index (χ2n) is 4.12. The lowest BCUT2D eigenvalue weighted by Crippen LogP contribution is -2.12. The van der Waals surface area contributed by atoms with Crippen LogP contribution in [0.4, 0.5) is 14.5 Å². The molecular formula is C14H11F2N3O3. The van der Waals surface area contributed by atoms with Crippen LogP contribution in [-0.4, -0.2) is 24.3 Å². The molecule has 0 atom stereocenters. The number of anilines is 1. The molecule has 8 heteroatoms. The molecule has 2 N–H and O–H groups in total. The van der Waals surface area contributed by atoms with Crippen molar-refractivity contribution in [3.05, 3.63) is 41.7 Å². The molecule has 0 aliphatic heterocycles. The zero-order valence-electron chi connectivity index (χ0n) is 11.4. The number of nitrogens with zero attached hydrogens (tertiary/aromatic N) is 2. The summed E-state index contributed by atoms with van der Waals surface area (Å²) in [6.45, 7) is -3.04. The summed E-state index contributed by atoms with van der Waals surface area (Å²) < 4.78 is 35.2. The molecule has 0 spiro atoms. The second kappa shape index (κ2) is 6.13. The lowest BCUT2D eigenvalue weighted by atomic mass is 10.2. The Bertz CT molecular complexity index is 750. The van der Waals surface area contributed by atoms with E-state index in [4.69, 9.17) is 11.0 Å². The Kier molecular flexibility index (Phi) is 4.27. The Morgan fingerprint density at radius 1 is 1.41 bits per heavy atom. The summed E-state index contributed by atoms with van der Waals surface area (Å²) in [5, 5.41) is 9.03. The van der Waals surface area contributed by atoms with Crippen molar-refractivity contribution in [3.8, 4) is 17.5 Å². The minimum Gasteiger partial charge on any atom is -0.464 e. The van der Waals surface area contributed by atoms with Gasteiger partial charge in [-0.3, -0.25) is 0 Å². The van der Waals surface area contributed by atoms with Crippen molar-refractivity contribution in [2.75, 3.05) is 12.8 Å². The number of halogens is 2. The van der Waals surface area contributed by atoms with E-state index in [9.17, 15) is 13.6 Å². The highest BCUT2D eigenvalue weighted by molar-refractivity contribution is 5.96. The van der Waals surface area contributed by atoms with E-state index in [0.717, 1.165) is 7.11 Å². The second-order valence-corrected chi connectivity index (χ2v) is 4.12. The van der Waals surface area contributed by atoms with E-state index in [1.165, 1.54) is 29.0 Å². The number of esters is 1. The van der Waals surface area contributed by atoms with Crippen LogP contribution in [0.15, 0.2) is 30.5 Å². The Morgan fingerprint density at radius 3 is 2.68 bits per heavy atom. The molecule has 0 aliphatic rings. The first-order valence-corrected chi connectivity index (χ1v) is 6.03. The summed E-state index contributed by atoms with van der Waals surface area (Å²) in [4.78, 5) is 11.9. The zero-order chi connectivity index (χ0) is 16.3. The van der Waals surface area contributed by atoms with Crippen LogP contribution in [0.25, 0.3) is 5.69 Å². The highest BCUT2D eigenvalue weighted by Gasteiger charge is 2.23. The molecule has 22 heavy (non-hydrogen) atoms. The summed E-state index contributed by atoms with van der Waals surface area (Å²) in [5.74, 6) is -0.965. The van der Waals surface area contributed by atoms with Gasteiger partial charge in [0.15, 0.2) is 5.69 Å². The molecule has 2 aromatic rings. The van der Waals surface area contributed by atoms with E-state index in [0.29, 0.717) is 0 Å². The summed E-state index contributed by atoms with van der Waals surface area (Å²) in [6, 6.07) is 7.65. The number of methoxy groups -OCH3 is 1. The zero-order valence-corrected chi connectivity index (χ0v) is 11.4. The SMILES string of the molecule is COC(=O)c1c(N)c(C#N)cn1-c1ccccc1OC(F)F. The number of hydrogen-bond donors (Lipinski definition) is 1. The summed E-state index contributed by atoms with van der Waals surface area (Å²) in [6.07, 6.45) is 1.26. The molecule has 0 aliphatic carbocycles. The summed E-state index contributed by atoms with van der Waals surface area (Å²) >= 11 is 0. The Labute approximate surface area is 124 Å². The fourth-order valence-electron chi connectivity index (χ4n) is 1.96. The summed E-state index contributed by atoms with van der Waals surface area (Å²) in [5.41, 5.74) is 5.67. The van der Waals surface area contributed by atoms with Crippen LogP contribution in [0.5, 0.6) is 5.75 Å². The molecule has 1 aromatic heterocycles. The van der Waals surface area contributed by atoms with E-state index in [2.05, 4.69) is 9.47 Å². The van der Waals surface area contributed by atoms with Crippen LogP contribution < -0.4 is 10.5 Å². The van der Waals surface area contributed by atoms with Crippen molar-refractivity contribution >= 4 is 11.7 Å². The lowest BCUT2D eigenvalue weighted by molar-refractivity contribution is -0.0498. The number of rotatable bonds is 4. The fraction of sp³-hybridized carbons (Fsp3) is 0.143. The van der Waals surface area contributed by atoms with E-state index in [1.54, 1.807) is 6.07 Å². The van der Waals surface area contributed by atoms with Gasteiger partial charge in [0.2, 0.25) is 0 Å². The minimum atomic E-state index is -3.04. The number of aromatic nitrogens is 1. The quantitative estimate of drug-likeness (QED) is 0.875. The Hall–Kier alpha value is -3.08. The number of hydrogen-bond acceptors (Lipinski definition) is 5. The average molecular weight is 307 g/mol. The molecule has 0 unspecified atom stereocenters. The molecule has 1 aromatic carbocycles. The first-order valence-electron chi connectivity index (χ1n) is 6.03. The molecule has 2 rings (SSSR count). The van der Waals surface area contributed by atoms with Crippen molar-refractivity contribution in [3.63, 3.8) is 0 Å². The molecule has 6 nitrogen and oxygen atoms in total. The third-order valence-corrected chi connectivity index (χ3v) is 2.88. The average Bonchev–Trinajstić information content (AvgIpc) is 2.83. The van der Waals surface area contributed by atoms with Gasteiger partial charge in [-0.1, -0.05) is 12.1 Å². The number of ether oxygens (including phenoxy) is 2. The number of nitrogen functional groups attached to an aromatic ring is 1. The van der Waals surface area contributed by atoms with Gasteiger partial charge in [-0.15, -0.1) is 0 Å². The van der Waals surface area contributed by atoms with Gasteiger partial charge in [0.25, 0.3) is 0 Å². The number of nitriles is 1. The van der Waals surface area contributed by atoms with E-state index < -0.39 is 12.6 Å². The first kappa shape index (κ1) is 15.3. The predicted molar refractivity (Wildman–Crippen MR) is 72.9 cm³/mol. The molecule has 114 valence electrons. The van der Waals surface area contributed by atoms with Crippen LogP contribution in [0.1, 0.15) is 16.1 Å². The maximum absolute atomic E-state index is 12.5. The van der Waals surface area contributed by atoms with Gasteiger partial charge in [0.05, 0.1) is 24.0 Å². The number of para-hydroxylation sites is 2. The standard InChI is InChI=1S/C14H11F2N3O3/c1-21-13(20)12-11(18)8(6-17)7-19(12)9-4-2-3-5-10(9)22-14(15)16/h2-5,7,14H,18H2,1H3. The van der Waals surface area contributed by atoms with Crippen molar-refractivity contribution in [1.82, 2.24) is 4.57 Å². The van der Waals surface area contributed by atoms with E-state index in [1.807, 2.05) is 6.07 Å². The number of benzene rings is 1. The van der Waals surface area contributed by atoms with Crippen molar-refractivity contribution < 1.29 is 23.0 Å². The number of carbonyl (C=O) groups excluding carboxylic acids is 1. The number of nitrogens with two attached hydrogens (primary N) is 1. The van der Waals surface area contributed by atoms with Crippen LogP contribution in [-0.2, 0) is 4.74 Å². The van der Waals surface area contributed by atoms with Gasteiger partial charge in [-0.05, 0) is 12.1 Å². The van der Waals surface area contributed by atoms with Gasteiger partial charge < -0.3 is 19.8 Å². The number of alkyl halides is 2. The third kappa shape index (κ3) is 2.69. The largest absolute Gasteiger partial charge is 0.464 e. The Balaban J connectivity index is 2.68. The topological polar surface area (TPSA) is 90.3 Å². The smallest absolute Gasteiger partial charge is 0.387 e. The van der Waals surface area contributed by atoms with Gasteiger partial charge >= 0.3 is 12.6 Å². The molecule has 0 fully saturated rings. The maximum atomic E-state index is 12.5. The van der Waals surface area contributed by atoms with E-state index >= 15 is 0 Å². The molecule has 0 saturated carbocycles. The van der Waals surface area contributed by atoms with Gasteiger partial charge in [0.1, 0.15) is 11.8 Å². The van der Waals surface area contributed by atoms with Gasteiger partial charge in [-0.25, -0.2) is 4.79 Å². The maximum Gasteiger partial charge on any atom is 0.387 e. The third-order valence-electron chi connectivity index (χ3n) is 2.88. The van der Waals surface area contributed by atoms with Crippen molar-refractivity contribution in [2.45, 2.75) is 6.61 Å². The van der Waals surface area contributed by atoms with Crippen LogP contribution in [0.3, 0.4) is 0 Å². The predicted octanol–water partition coefficient (Wildman–Crippen LogP) is 2.32. The molecule has 0 bridgehead atoms. The van der Waals surface area contributed by atoms with E-state index in [-0.39, 0.29) is 28.4 Å². The highest BCUT2D eigenvalue weighted by atomic mass is 19.3. The van der Waals surface area contributed by atoms with Crippen LogP contribution >= 0.6 is 0 Å². The van der Waals surface area contributed by atoms with Crippen LogP contribution in [0, 0.1) is 11.3 Å². The molecule has 1 heterocycles. The molecule has 0 saturated heterocycles. The fourth-order valence-corrected chi connectivity index (χ4v) is 1.96. The Morgan fingerprint density at radius 2 is 2.09 bits per heavy atom. The molecule has 0 radical (unpaired) electrons. The van der Waals surface area contributed by atoms with Gasteiger partial charge in [-0.2, -0.15) is 14.0 Å². The molecule has 0 amide bonds. The minimum absolute atomic E-state index is 0.0206. The van der Waals surface area contributed by atoms with Crippen LogP contribution in [0.2, 0.25) is 0 Å². The monoisotopic (exact) mass is 307 g/mol. The summed E-state index contributed by atoms with van der Waals surface area (Å²) in [7, 11) is 1.15. The highest BCUT2D eigenvalue weighted by Crippen LogP contribution is 2.30. The molecular weight excluding hydrogens is 296 g/mol. The normalized spacial score (nSPS) is 10.3. The van der Waals surface area contributed by atoms with Crippen molar-refractivity contribution in [1.29, 1.82) is 5.26 Å². The first-order chi connectivity index (χ1) is 10.5. The van der Waals surface area contributed by atoms with Crippen molar-refractivity contribution in [2.24, 2.45) is 0 Å². The van der Waals surface area contributed by atoms with Gasteiger partial charge in [0, 0.05) is 6.20 Å². The lowest BCUT2D eigenvalue weighted by Gasteiger charge is -2.13.